The number of nitrogens with zero attached hydrogens (tertiary/aromatic N) is 1. The lowest BCUT2D eigenvalue weighted by molar-refractivity contribution is -0.154. The summed E-state index contributed by atoms with van der Waals surface area (Å²) in [5.41, 5.74) is 0. The van der Waals surface area contributed by atoms with E-state index in [4.69, 9.17) is 27.9 Å². The minimum atomic E-state index is -0.887. The van der Waals surface area contributed by atoms with Gasteiger partial charge in [-0.2, -0.15) is 0 Å². The Morgan fingerprint density at radius 2 is 2.16 bits per heavy atom. The minimum absolute atomic E-state index is 0.0486. The lowest BCUT2D eigenvalue weighted by Gasteiger charge is -2.13. The summed E-state index contributed by atoms with van der Waals surface area (Å²) in [5.74, 6) is -0.679. The molecule has 1 atom stereocenters. The van der Waals surface area contributed by atoms with Crippen LogP contribution in [0.2, 0.25) is 10.0 Å². The van der Waals surface area contributed by atoms with Gasteiger partial charge in [0.15, 0.2) is 11.9 Å². The van der Waals surface area contributed by atoms with Crippen LogP contribution in [0.25, 0.3) is 0 Å². The van der Waals surface area contributed by atoms with Gasteiger partial charge in [-0.3, -0.25) is 9.59 Å². The average Bonchev–Trinajstić information content (AvgIpc) is 3.16. The van der Waals surface area contributed by atoms with Crippen molar-refractivity contribution in [3.8, 4) is 0 Å². The van der Waals surface area contributed by atoms with E-state index in [1.165, 1.54) is 19.2 Å². The Morgan fingerprint density at radius 3 is 2.74 bits per heavy atom. The Morgan fingerprint density at radius 1 is 1.47 bits per heavy atom. The summed E-state index contributed by atoms with van der Waals surface area (Å²) < 4.78 is 5.02. The number of esters is 1. The number of halogens is 2. The summed E-state index contributed by atoms with van der Waals surface area (Å²) >= 11 is 11.6. The van der Waals surface area contributed by atoms with Crippen LogP contribution in [0.5, 0.6) is 0 Å². The molecule has 0 aromatic carbocycles. The number of nitrogens with one attached hydrogen (secondary N) is 1. The number of amides is 1. The van der Waals surface area contributed by atoms with Gasteiger partial charge in [0, 0.05) is 6.20 Å². The zero-order chi connectivity index (χ0) is 14.0. The van der Waals surface area contributed by atoms with Crippen LogP contribution in [0.1, 0.15) is 19.8 Å². The molecule has 1 saturated carbocycles. The van der Waals surface area contributed by atoms with Gasteiger partial charge in [-0.15, -0.1) is 0 Å². The molecule has 0 aliphatic heterocycles. The number of rotatable bonds is 4. The van der Waals surface area contributed by atoms with Crippen LogP contribution in [0.4, 0.5) is 5.82 Å². The Bertz CT molecular complexity index is 518. The topological polar surface area (TPSA) is 68.3 Å². The maximum absolute atomic E-state index is 11.8. The quantitative estimate of drug-likeness (QED) is 0.868. The molecule has 102 valence electrons. The SMILES string of the molecule is C[C@@H](OC(=O)C1CC1)C(=O)Nc1ncc(Cl)cc1Cl. The Labute approximate surface area is 120 Å². The molecule has 1 aromatic heterocycles. The molecule has 7 heteroatoms. The van der Waals surface area contributed by atoms with E-state index in [1.807, 2.05) is 0 Å². The number of ether oxygens (including phenoxy) is 1. The Kier molecular flexibility index (Phi) is 4.27. The Balaban J connectivity index is 1.93. The fourth-order valence-electron chi connectivity index (χ4n) is 1.37. The summed E-state index contributed by atoms with van der Waals surface area (Å²) in [6, 6.07) is 1.46. The molecule has 1 fully saturated rings. The summed E-state index contributed by atoms with van der Waals surface area (Å²) in [4.78, 5) is 27.1. The van der Waals surface area contributed by atoms with Crippen LogP contribution in [0.15, 0.2) is 12.3 Å². The molecule has 1 N–H and O–H groups in total. The van der Waals surface area contributed by atoms with Crippen LogP contribution in [0.3, 0.4) is 0 Å². The highest BCUT2D eigenvalue weighted by molar-refractivity contribution is 6.36. The number of aromatic nitrogens is 1. The maximum atomic E-state index is 11.8. The molecule has 1 aliphatic carbocycles. The summed E-state index contributed by atoms with van der Waals surface area (Å²) in [6.07, 6.45) is 2.14. The summed E-state index contributed by atoms with van der Waals surface area (Å²) in [7, 11) is 0. The largest absolute Gasteiger partial charge is 0.452 e. The van der Waals surface area contributed by atoms with Crippen molar-refractivity contribution < 1.29 is 14.3 Å². The number of anilines is 1. The van der Waals surface area contributed by atoms with E-state index in [-0.39, 0.29) is 22.7 Å². The van der Waals surface area contributed by atoms with E-state index in [2.05, 4.69) is 10.3 Å². The second-order valence-corrected chi connectivity index (χ2v) is 5.17. The molecule has 5 nitrogen and oxygen atoms in total. The van der Waals surface area contributed by atoms with Crippen molar-refractivity contribution in [3.63, 3.8) is 0 Å². The number of carbonyl (C=O) groups excluding carboxylic acids is 2. The molecule has 1 aliphatic rings. The van der Waals surface area contributed by atoms with Gasteiger partial charge in [-0.1, -0.05) is 23.2 Å². The van der Waals surface area contributed by atoms with Crippen LogP contribution in [0, 0.1) is 5.92 Å². The first-order chi connectivity index (χ1) is 8.97. The highest BCUT2D eigenvalue weighted by Crippen LogP contribution is 2.30. The normalized spacial score (nSPS) is 15.7. The first-order valence-electron chi connectivity index (χ1n) is 5.80. The first kappa shape index (κ1) is 14.1. The van der Waals surface area contributed by atoms with Gasteiger partial charge in [0.1, 0.15) is 0 Å². The molecule has 1 aromatic rings. The van der Waals surface area contributed by atoms with E-state index in [9.17, 15) is 9.59 Å². The molecule has 0 radical (unpaired) electrons. The fraction of sp³-hybridized carbons (Fsp3) is 0.417. The maximum Gasteiger partial charge on any atom is 0.309 e. The van der Waals surface area contributed by atoms with Crippen molar-refractivity contribution in [2.45, 2.75) is 25.9 Å². The smallest absolute Gasteiger partial charge is 0.309 e. The van der Waals surface area contributed by atoms with E-state index in [1.54, 1.807) is 0 Å². The number of carbonyl (C=O) groups is 2. The molecule has 2 rings (SSSR count). The van der Waals surface area contributed by atoms with Crippen LogP contribution >= 0.6 is 23.2 Å². The molecule has 0 saturated heterocycles. The van der Waals surface area contributed by atoms with Gasteiger partial charge in [0.2, 0.25) is 0 Å². The summed E-state index contributed by atoms with van der Waals surface area (Å²) in [6.45, 7) is 1.50. The molecule has 1 amide bonds. The van der Waals surface area contributed by atoms with Crippen LogP contribution in [-0.4, -0.2) is 23.0 Å². The number of hydrogen-bond donors (Lipinski definition) is 1. The average molecular weight is 303 g/mol. The molecular weight excluding hydrogens is 291 g/mol. The standard InChI is InChI=1S/C12H12Cl2N2O3/c1-6(19-12(18)7-2-3-7)11(17)16-10-9(14)4-8(13)5-15-10/h4-7H,2-3H2,1H3,(H,15,16,17)/t6-/m1/s1. The van der Waals surface area contributed by atoms with Gasteiger partial charge in [0.05, 0.1) is 16.0 Å². The molecule has 0 unspecified atom stereocenters. The van der Waals surface area contributed by atoms with Gasteiger partial charge in [-0.25, -0.2) is 4.98 Å². The molecular formula is C12H12Cl2N2O3. The first-order valence-corrected chi connectivity index (χ1v) is 6.55. The molecule has 19 heavy (non-hydrogen) atoms. The zero-order valence-corrected chi connectivity index (χ0v) is 11.7. The van der Waals surface area contributed by atoms with Crippen LogP contribution in [-0.2, 0) is 14.3 Å². The molecule has 0 spiro atoms. The monoisotopic (exact) mass is 302 g/mol. The zero-order valence-electron chi connectivity index (χ0n) is 10.2. The van der Waals surface area contributed by atoms with Crippen molar-refractivity contribution in [2.75, 3.05) is 5.32 Å². The minimum Gasteiger partial charge on any atom is -0.452 e. The Hall–Kier alpha value is -1.33. The van der Waals surface area contributed by atoms with Crippen molar-refractivity contribution >= 4 is 40.9 Å². The van der Waals surface area contributed by atoms with E-state index in [0.717, 1.165) is 12.8 Å². The second kappa shape index (κ2) is 5.75. The van der Waals surface area contributed by atoms with Gasteiger partial charge < -0.3 is 10.1 Å². The van der Waals surface area contributed by atoms with E-state index < -0.39 is 12.0 Å². The number of hydrogen-bond acceptors (Lipinski definition) is 4. The van der Waals surface area contributed by atoms with Gasteiger partial charge >= 0.3 is 5.97 Å². The third-order valence-electron chi connectivity index (χ3n) is 2.62. The predicted molar refractivity (Wildman–Crippen MR) is 71.2 cm³/mol. The fourth-order valence-corrected chi connectivity index (χ4v) is 1.80. The second-order valence-electron chi connectivity index (χ2n) is 4.33. The third-order valence-corrected chi connectivity index (χ3v) is 3.12. The third kappa shape index (κ3) is 3.81. The van der Waals surface area contributed by atoms with Crippen molar-refractivity contribution in [2.24, 2.45) is 5.92 Å². The van der Waals surface area contributed by atoms with E-state index >= 15 is 0 Å². The predicted octanol–water partition coefficient (Wildman–Crippen LogP) is 2.67. The van der Waals surface area contributed by atoms with Gasteiger partial charge in [0.25, 0.3) is 5.91 Å². The lowest BCUT2D eigenvalue weighted by atomic mass is 10.3. The molecule has 0 bridgehead atoms. The van der Waals surface area contributed by atoms with Crippen molar-refractivity contribution in [1.82, 2.24) is 4.98 Å². The number of pyridine rings is 1. The van der Waals surface area contributed by atoms with Gasteiger partial charge in [-0.05, 0) is 25.8 Å². The van der Waals surface area contributed by atoms with Crippen molar-refractivity contribution in [1.29, 1.82) is 0 Å². The highest BCUT2D eigenvalue weighted by atomic mass is 35.5. The highest BCUT2D eigenvalue weighted by Gasteiger charge is 2.33. The van der Waals surface area contributed by atoms with E-state index in [0.29, 0.717) is 5.02 Å². The lowest BCUT2D eigenvalue weighted by Crippen LogP contribution is -2.30. The van der Waals surface area contributed by atoms with Crippen molar-refractivity contribution in [3.05, 3.63) is 22.3 Å². The molecule has 1 heterocycles. The summed E-state index contributed by atoms with van der Waals surface area (Å²) in [5, 5.41) is 3.08. The van der Waals surface area contributed by atoms with Crippen LogP contribution < -0.4 is 5.32 Å².